The Kier molecular flexibility index (Phi) is 4.75. The summed E-state index contributed by atoms with van der Waals surface area (Å²) in [6, 6.07) is 0. The van der Waals surface area contributed by atoms with Crippen molar-refractivity contribution < 1.29 is 4.79 Å². The molecule has 0 N–H and O–H groups in total. The summed E-state index contributed by atoms with van der Waals surface area (Å²) in [4.78, 5) is 12.3. The number of thioether (sulfide) groups is 1. The van der Waals surface area contributed by atoms with Crippen molar-refractivity contribution in [2.75, 3.05) is 5.75 Å². The van der Waals surface area contributed by atoms with Gasteiger partial charge in [0.15, 0.2) is 0 Å². The predicted molar refractivity (Wildman–Crippen MR) is 70.8 cm³/mol. The summed E-state index contributed by atoms with van der Waals surface area (Å²) >= 11 is 1.92. The molecule has 1 saturated carbocycles. The van der Waals surface area contributed by atoms with Crippen LogP contribution in [0.4, 0.5) is 0 Å². The minimum atomic E-state index is 0.358. The Labute approximate surface area is 104 Å². The molecule has 2 fully saturated rings. The summed E-state index contributed by atoms with van der Waals surface area (Å²) in [7, 11) is 0. The van der Waals surface area contributed by atoms with Crippen LogP contribution in [-0.2, 0) is 4.79 Å². The lowest BCUT2D eigenvalue weighted by Crippen LogP contribution is -2.30. The van der Waals surface area contributed by atoms with E-state index in [4.69, 9.17) is 0 Å². The van der Waals surface area contributed by atoms with Crippen LogP contribution in [0.5, 0.6) is 0 Å². The largest absolute Gasteiger partial charge is 0.298 e. The minimum absolute atomic E-state index is 0.358. The van der Waals surface area contributed by atoms with Crippen molar-refractivity contribution in [1.29, 1.82) is 0 Å². The van der Waals surface area contributed by atoms with Crippen LogP contribution in [0.3, 0.4) is 0 Å². The lowest BCUT2D eigenvalue weighted by atomic mass is 9.78. The summed E-state index contributed by atoms with van der Waals surface area (Å²) in [5.41, 5.74) is 0. The molecular weight excluding hydrogens is 216 g/mol. The Bertz CT molecular complexity index is 225. The van der Waals surface area contributed by atoms with Crippen molar-refractivity contribution in [3.8, 4) is 0 Å². The van der Waals surface area contributed by atoms with E-state index in [9.17, 15) is 4.79 Å². The molecule has 2 heteroatoms. The Morgan fingerprint density at radius 3 is 2.44 bits per heavy atom. The van der Waals surface area contributed by atoms with Gasteiger partial charge in [-0.25, -0.2) is 0 Å². The van der Waals surface area contributed by atoms with Crippen LogP contribution in [0, 0.1) is 11.8 Å². The first kappa shape index (κ1) is 12.5. The van der Waals surface area contributed by atoms with E-state index < -0.39 is 0 Å². The molecule has 0 bridgehead atoms. The van der Waals surface area contributed by atoms with Crippen LogP contribution < -0.4 is 0 Å². The van der Waals surface area contributed by atoms with E-state index >= 15 is 0 Å². The van der Waals surface area contributed by atoms with Gasteiger partial charge in [-0.05, 0) is 50.2 Å². The molecule has 1 atom stereocenters. The second-order valence-corrected chi connectivity index (χ2v) is 6.69. The van der Waals surface area contributed by atoms with Gasteiger partial charge >= 0.3 is 0 Å². The molecule has 1 heterocycles. The van der Waals surface area contributed by atoms with Crippen LogP contribution in [0.2, 0.25) is 0 Å². The summed E-state index contributed by atoms with van der Waals surface area (Å²) in [5.74, 6) is 3.13. The third kappa shape index (κ3) is 3.03. The van der Waals surface area contributed by atoms with Crippen molar-refractivity contribution in [3.63, 3.8) is 0 Å². The number of Topliss-reactive ketones (excluding diaryl/α,β-unsaturated/α-hetero) is 1. The van der Waals surface area contributed by atoms with Crippen molar-refractivity contribution >= 4 is 17.5 Å². The number of carbonyl (C=O) groups excluding carboxylic acids is 1. The lowest BCUT2D eigenvalue weighted by molar-refractivity contribution is -0.123. The summed E-state index contributed by atoms with van der Waals surface area (Å²) in [6.07, 6.45) is 9.98. The average Bonchev–Trinajstić information content (AvgIpc) is 2.39. The number of rotatable bonds is 3. The highest BCUT2D eigenvalue weighted by atomic mass is 32.2. The van der Waals surface area contributed by atoms with Crippen LogP contribution in [-0.4, -0.2) is 16.8 Å². The highest BCUT2D eigenvalue weighted by Gasteiger charge is 2.31. The fraction of sp³-hybridized carbons (Fsp3) is 0.929. The molecule has 0 aromatic rings. The molecule has 0 radical (unpaired) electrons. The second kappa shape index (κ2) is 6.09. The minimum Gasteiger partial charge on any atom is -0.298 e. The molecule has 2 rings (SSSR count). The van der Waals surface area contributed by atoms with Gasteiger partial charge in [0.25, 0.3) is 0 Å². The average molecular weight is 240 g/mol. The van der Waals surface area contributed by atoms with E-state index in [-0.39, 0.29) is 0 Å². The predicted octanol–water partition coefficient (Wildman–Crippen LogP) is 4.06. The fourth-order valence-electron chi connectivity index (χ4n) is 3.08. The molecule has 16 heavy (non-hydrogen) atoms. The Balaban J connectivity index is 1.81. The van der Waals surface area contributed by atoms with Crippen molar-refractivity contribution in [1.82, 2.24) is 0 Å². The van der Waals surface area contributed by atoms with Crippen molar-refractivity contribution in [2.45, 2.75) is 63.5 Å². The molecule has 1 unspecified atom stereocenters. The van der Waals surface area contributed by atoms with E-state index in [0.717, 1.165) is 12.3 Å². The Morgan fingerprint density at radius 1 is 1.12 bits per heavy atom. The van der Waals surface area contributed by atoms with Gasteiger partial charge in [-0.15, -0.1) is 0 Å². The van der Waals surface area contributed by atoms with E-state index in [2.05, 4.69) is 6.92 Å². The first-order valence-corrected chi connectivity index (χ1v) is 8.01. The molecule has 1 aliphatic carbocycles. The maximum atomic E-state index is 12.3. The maximum Gasteiger partial charge on any atom is 0.148 e. The zero-order valence-corrected chi connectivity index (χ0v) is 11.2. The topological polar surface area (TPSA) is 17.1 Å². The van der Waals surface area contributed by atoms with E-state index in [1.54, 1.807) is 0 Å². The number of carbonyl (C=O) groups is 1. The standard InChI is InChI=1S/C14H24OS/c1-2-11-6-8-12(9-7-11)14(15)13-5-3-4-10-16-13/h11-13H,2-10H2,1H3. The molecule has 1 saturated heterocycles. The Morgan fingerprint density at radius 2 is 1.88 bits per heavy atom. The number of ketones is 1. The van der Waals surface area contributed by atoms with Gasteiger partial charge in [0.05, 0.1) is 5.25 Å². The van der Waals surface area contributed by atoms with Gasteiger partial charge < -0.3 is 0 Å². The molecule has 0 aromatic heterocycles. The van der Waals surface area contributed by atoms with Gasteiger partial charge in [0.2, 0.25) is 0 Å². The molecule has 0 amide bonds. The molecule has 1 nitrogen and oxygen atoms in total. The van der Waals surface area contributed by atoms with Crippen LogP contribution in [0.1, 0.15) is 58.3 Å². The molecule has 1 aliphatic heterocycles. The van der Waals surface area contributed by atoms with Crippen molar-refractivity contribution in [2.24, 2.45) is 11.8 Å². The van der Waals surface area contributed by atoms with Crippen molar-refractivity contribution in [3.05, 3.63) is 0 Å². The highest BCUT2D eigenvalue weighted by molar-refractivity contribution is 8.00. The second-order valence-electron chi connectivity index (χ2n) is 5.38. The zero-order valence-electron chi connectivity index (χ0n) is 10.4. The monoisotopic (exact) mass is 240 g/mol. The molecule has 0 aromatic carbocycles. The van der Waals surface area contributed by atoms with Gasteiger partial charge in [0, 0.05) is 5.92 Å². The fourth-order valence-corrected chi connectivity index (χ4v) is 4.43. The Hall–Kier alpha value is 0.0200. The first-order valence-electron chi connectivity index (χ1n) is 6.96. The molecule has 2 aliphatic rings. The molecule has 0 spiro atoms. The lowest BCUT2D eigenvalue weighted by Gasteiger charge is -2.30. The molecule has 92 valence electrons. The van der Waals surface area contributed by atoms with Gasteiger partial charge in [-0.1, -0.05) is 19.8 Å². The number of hydrogen-bond acceptors (Lipinski definition) is 2. The smallest absolute Gasteiger partial charge is 0.148 e. The van der Waals surface area contributed by atoms with E-state index in [1.807, 2.05) is 11.8 Å². The normalized spacial score (nSPS) is 35.9. The summed E-state index contributed by atoms with van der Waals surface area (Å²) < 4.78 is 0. The molecular formula is C14H24OS. The third-order valence-corrected chi connectivity index (χ3v) is 5.72. The van der Waals surface area contributed by atoms with E-state index in [1.165, 1.54) is 50.7 Å². The summed E-state index contributed by atoms with van der Waals surface area (Å²) in [6.45, 7) is 2.28. The first-order chi connectivity index (χ1) is 7.81. The quantitative estimate of drug-likeness (QED) is 0.740. The van der Waals surface area contributed by atoms with Crippen LogP contribution in [0.25, 0.3) is 0 Å². The maximum absolute atomic E-state index is 12.3. The van der Waals surface area contributed by atoms with Gasteiger partial charge in [-0.2, -0.15) is 11.8 Å². The van der Waals surface area contributed by atoms with Crippen LogP contribution >= 0.6 is 11.8 Å². The summed E-state index contributed by atoms with van der Waals surface area (Å²) in [5, 5.41) is 0.358. The SMILES string of the molecule is CCC1CCC(C(=O)C2CCCCS2)CC1. The number of hydrogen-bond donors (Lipinski definition) is 0. The van der Waals surface area contributed by atoms with Gasteiger partial charge in [-0.3, -0.25) is 4.79 Å². The zero-order chi connectivity index (χ0) is 11.4. The van der Waals surface area contributed by atoms with Gasteiger partial charge in [0.1, 0.15) is 5.78 Å². The van der Waals surface area contributed by atoms with E-state index in [0.29, 0.717) is 17.0 Å². The third-order valence-electron chi connectivity index (χ3n) is 4.32. The van der Waals surface area contributed by atoms with Crippen LogP contribution in [0.15, 0.2) is 0 Å². The highest BCUT2D eigenvalue weighted by Crippen LogP contribution is 2.35.